The average molecular weight is 384 g/mol. The van der Waals surface area contributed by atoms with Crippen LogP contribution in [0.2, 0.25) is 0 Å². The molecule has 2 aromatic rings. The Balaban J connectivity index is 2.14. The molecule has 136 valence electrons. The molecule has 0 fully saturated rings. The molecule has 9 heteroatoms. The maximum atomic E-state index is 12.5. The third-order valence-corrected chi connectivity index (χ3v) is 5.58. The molecular formula is C16H20N2O5S2. The van der Waals surface area contributed by atoms with Crippen LogP contribution in [0.5, 0.6) is 5.75 Å². The second-order valence-corrected chi connectivity index (χ2v) is 8.98. The Hall–Kier alpha value is -2.10. The molecule has 0 saturated carbocycles. The van der Waals surface area contributed by atoms with Crippen LogP contribution < -0.4 is 14.2 Å². The van der Waals surface area contributed by atoms with E-state index in [1.165, 1.54) is 24.3 Å². The van der Waals surface area contributed by atoms with Gasteiger partial charge in [-0.3, -0.25) is 4.72 Å². The Labute approximate surface area is 148 Å². The summed E-state index contributed by atoms with van der Waals surface area (Å²) in [6, 6.07) is 12.1. The van der Waals surface area contributed by atoms with E-state index in [0.717, 1.165) is 11.8 Å². The number of anilines is 1. The first-order chi connectivity index (χ1) is 11.6. The fraction of sp³-hybridized carbons (Fsp3) is 0.250. The summed E-state index contributed by atoms with van der Waals surface area (Å²) in [7, 11) is -5.59. The average Bonchev–Trinajstić information content (AvgIpc) is 2.53. The summed E-state index contributed by atoms with van der Waals surface area (Å²) in [5, 5.41) is 0. The van der Waals surface area contributed by atoms with Gasteiger partial charge < -0.3 is 4.74 Å². The van der Waals surface area contributed by atoms with Gasteiger partial charge >= 0.3 is 0 Å². The number of hydrogen-bond donors (Lipinski definition) is 2. The van der Waals surface area contributed by atoms with Crippen molar-refractivity contribution in [1.29, 1.82) is 0 Å². The molecule has 2 N–H and O–H groups in total. The Morgan fingerprint density at radius 2 is 1.48 bits per heavy atom. The molecule has 0 saturated heterocycles. The van der Waals surface area contributed by atoms with Crippen LogP contribution in [0.25, 0.3) is 0 Å². The number of rotatable bonds is 7. The molecule has 0 aliphatic rings. The smallest absolute Gasteiger partial charge is 0.241 e. The summed E-state index contributed by atoms with van der Waals surface area (Å²) in [5.74, 6) is 0.688. The monoisotopic (exact) mass is 384 g/mol. The van der Waals surface area contributed by atoms with E-state index in [-0.39, 0.29) is 4.90 Å². The molecule has 0 aromatic heterocycles. The van der Waals surface area contributed by atoms with E-state index in [2.05, 4.69) is 9.44 Å². The van der Waals surface area contributed by atoms with Crippen LogP contribution in [0.3, 0.4) is 0 Å². The highest BCUT2D eigenvalue weighted by Gasteiger charge is 2.18. The topological polar surface area (TPSA) is 102 Å². The molecule has 0 bridgehead atoms. The normalized spacial score (nSPS) is 13.2. The lowest BCUT2D eigenvalue weighted by atomic mass is 10.1. The van der Waals surface area contributed by atoms with Crippen molar-refractivity contribution in [2.45, 2.75) is 17.9 Å². The van der Waals surface area contributed by atoms with Gasteiger partial charge in [0.2, 0.25) is 20.0 Å². The van der Waals surface area contributed by atoms with Crippen molar-refractivity contribution in [3.05, 3.63) is 54.1 Å². The van der Waals surface area contributed by atoms with Crippen molar-refractivity contribution >= 4 is 25.7 Å². The molecule has 0 aliphatic heterocycles. The molecule has 7 nitrogen and oxygen atoms in total. The van der Waals surface area contributed by atoms with E-state index in [1.807, 2.05) is 0 Å². The van der Waals surface area contributed by atoms with Gasteiger partial charge in [0.15, 0.2) is 0 Å². The summed E-state index contributed by atoms with van der Waals surface area (Å²) in [6.07, 6.45) is 1.02. The zero-order valence-corrected chi connectivity index (χ0v) is 15.7. The lowest BCUT2D eigenvalue weighted by Gasteiger charge is -2.15. The first kappa shape index (κ1) is 19.2. The molecule has 0 heterocycles. The fourth-order valence-electron chi connectivity index (χ4n) is 2.18. The fourth-order valence-corrected chi connectivity index (χ4v) is 3.97. The lowest BCUT2D eigenvalue weighted by molar-refractivity contribution is 0.414. The number of sulfonamides is 2. The largest absolute Gasteiger partial charge is 0.497 e. The van der Waals surface area contributed by atoms with Gasteiger partial charge in [0.1, 0.15) is 5.75 Å². The van der Waals surface area contributed by atoms with Crippen LogP contribution in [0.15, 0.2) is 53.4 Å². The van der Waals surface area contributed by atoms with E-state index in [4.69, 9.17) is 4.74 Å². The second kappa shape index (κ2) is 7.42. The first-order valence-electron chi connectivity index (χ1n) is 7.35. The van der Waals surface area contributed by atoms with Crippen molar-refractivity contribution in [2.75, 3.05) is 18.1 Å². The molecule has 25 heavy (non-hydrogen) atoms. The van der Waals surface area contributed by atoms with Crippen LogP contribution in [-0.2, 0) is 20.0 Å². The molecule has 0 spiro atoms. The second-order valence-electron chi connectivity index (χ2n) is 5.51. The van der Waals surface area contributed by atoms with Crippen LogP contribution >= 0.6 is 0 Å². The number of methoxy groups -OCH3 is 1. The maximum Gasteiger partial charge on any atom is 0.241 e. The molecular weight excluding hydrogens is 364 g/mol. The molecule has 2 aromatic carbocycles. The van der Waals surface area contributed by atoms with E-state index in [0.29, 0.717) is 11.4 Å². The van der Waals surface area contributed by atoms with E-state index in [9.17, 15) is 16.8 Å². The molecule has 0 unspecified atom stereocenters. The molecule has 0 amide bonds. The Morgan fingerprint density at radius 3 is 1.96 bits per heavy atom. The predicted octanol–water partition coefficient (Wildman–Crippen LogP) is 2.11. The van der Waals surface area contributed by atoms with Crippen molar-refractivity contribution in [3.63, 3.8) is 0 Å². The first-order valence-corrected chi connectivity index (χ1v) is 10.7. The quantitative estimate of drug-likeness (QED) is 0.761. The Kier molecular flexibility index (Phi) is 5.71. The van der Waals surface area contributed by atoms with E-state index < -0.39 is 26.1 Å². The highest BCUT2D eigenvalue weighted by atomic mass is 32.2. The summed E-state index contributed by atoms with van der Waals surface area (Å²) < 4.78 is 57.2. The van der Waals surface area contributed by atoms with E-state index in [1.54, 1.807) is 38.3 Å². The number of ether oxygens (including phenoxy) is 1. The third kappa shape index (κ3) is 5.45. The summed E-state index contributed by atoms with van der Waals surface area (Å²) in [5.41, 5.74) is 1.09. The SMILES string of the molecule is COc1ccc([C@H](C)NS(=O)(=O)c2ccc(NS(C)(=O)=O)cc2)cc1. The minimum atomic E-state index is -3.74. The number of nitrogens with one attached hydrogen (secondary N) is 2. The van der Waals surface area contributed by atoms with Gasteiger partial charge in [-0.15, -0.1) is 0 Å². The van der Waals surface area contributed by atoms with Gasteiger partial charge in [-0.05, 0) is 48.9 Å². The highest BCUT2D eigenvalue weighted by molar-refractivity contribution is 7.92. The highest BCUT2D eigenvalue weighted by Crippen LogP contribution is 2.21. The molecule has 1 atom stereocenters. The summed E-state index contributed by atoms with van der Waals surface area (Å²) in [6.45, 7) is 1.74. The summed E-state index contributed by atoms with van der Waals surface area (Å²) >= 11 is 0. The molecule has 0 radical (unpaired) electrons. The van der Waals surface area contributed by atoms with Crippen molar-refractivity contribution in [2.24, 2.45) is 0 Å². The zero-order chi connectivity index (χ0) is 18.7. The molecule has 2 rings (SSSR count). The van der Waals surface area contributed by atoms with Gasteiger partial charge in [0, 0.05) is 11.7 Å². The van der Waals surface area contributed by atoms with Crippen molar-refractivity contribution in [3.8, 4) is 5.75 Å². The van der Waals surface area contributed by atoms with Gasteiger partial charge in [-0.1, -0.05) is 12.1 Å². The van der Waals surface area contributed by atoms with Gasteiger partial charge in [0.25, 0.3) is 0 Å². The third-order valence-electron chi connectivity index (χ3n) is 3.42. The van der Waals surface area contributed by atoms with Gasteiger partial charge in [-0.25, -0.2) is 21.6 Å². The van der Waals surface area contributed by atoms with Crippen LogP contribution in [-0.4, -0.2) is 30.2 Å². The van der Waals surface area contributed by atoms with E-state index >= 15 is 0 Å². The van der Waals surface area contributed by atoms with Gasteiger partial charge in [-0.2, -0.15) is 0 Å². The Bertz CT molecular complexity index is 921. The minimum Gasteiger partial charge on any atom is -0.497 e. The predicted molar refractivity (Wildman–Crippen MR) is 96.6 cm³/mol. The van der Waals surface area contributed by atoms with Gasteiger partial charge in [0.05, 0.1) is 18.3 Å². The lowest BCUT2D eigenvalue weighted by Crippen LogP contribution is -2.26. The number of benzene rings is 2. The van der Waals surface area contributed by atoms with Crippen molar-refractivity contribution < 1.29 is 21.6 Å². The van der Waals surface area contributed by atoms with Crippen LogP contribution in [0.1, 0.15) is 18.5 Å². The molecule has 0 aliphatic carbocycles. The minimum absolute atomic E-state index is 0.0481. The Morgan fingerprint density at radius 1 is 0.920 bits per heavy atom. The summed E-state index contributed by atoms with van der Waals surface area (Å²) in [4.78, 5) is 0.0481. The number of hydrogen-bond acceptors (Lipinski definition) is 5. The standard InChI is InChI=1S/C16H20N2O5S2/c1-12(13-4-8-15(23-2)9-5-13)17-25(21,22)16-10-6-14(7-11-16)18-24(3,19)20/h4-12,17-18H,1-3H3/t12-/m0/s1. The zero-order valence-electron chi connectivity index (χ0n) is 14.1. The maximum absolute atomic E-state index is 12.5. The van der Waals surface area contributed by atoms with Crippen LogP contribution in [0.4, 0.5) is 5.69 Å². The van der Waals surface area contributed by atoms with Crippen LogP contribution in [0, 0.1) is 0 Å². The van der Waals surface area contributed by atoms with Crippen molar-refractivity contribution in [1.82, 2.24) is 4.72 Å².